The molecule has 1 atom stereocenters. The van der Waals surface area contributed by atoms with Crippen LogP contribution >= 0.6 is 11.6 Å². The van der Waals surface area contributed by atoms with Gasteiger partial charge in [0.05, 0.1) is 11.8 Å². The molecular formula is C23H19ClN2O. The molecule has 4 rings (SSSR count). The van der Waals surface area contributed by atoms with Crippen molar-refractivity contribution >= 4 is 23.2 Å². The number of hydrogen-bond donors (Lipinski definition) is 0. The molecule has 4 heteroatoms. The van der Waals surface area contributed by atoms with Crippen LogP contribution in [0.1, 0.15) is 39.5 Å². The topological polar surface area (TPSA) is 32.7 Å². The van der Waals surface area contributed by atoms with E-state index in [4.69, 9.17) is 16.7 Å². The van der Waals surface area contributed by atoms with E-state index >= 15 is 0 Å². The second-order valence-electron chi connectivity index (χ2n) is 6.70. The standard InChI is InChI=1S/C23H19ClN2O/c1-16-7-9-19(10-8-16)23(27)26-22(18-11-13-20(24)14-12-18)15-21(25-26)17-5-3-2-4-6-17/h2-14,22H,15H2,1H3/t22-/m1/s1. The molecule has 0 N–H and O–H groups in total. The van der Waals surface area contributed by atoms with Crippen LogP contribution in [0.25, 0.3) is 0 Å². The van der Waals surface area contributed by atoms with Gasteiger partial charge in [-0.2, -0.15) is 5.10 Å². The molecule has 0 fully saturated rings. The van der Waals surface area contributed by atoms with Crippen molar-refractivity contribution in [2.45, 2.75) is 19.4 Å². The van der Waals surface area contributed by atoms with Crippen LogP contribution in [0.2, 0.25) is 5.02 Å². The van der Waals surface area contributed by atoms with E-state index < -0.39 is 0 Å². The third-order valence-corrected chi connectivity index (χ3v) is 5.03. The molecule has 0 aromatic heterocycles. The van der Waals surface area contributed by atoms with Crippen molar-refractivity contribution in [3.63, 3.8) is 0 Å². The molecule has 0 unspecified atom stereocenters. The first-order valence-corrected chi connectivity index (χ1v) is 9.28. The second kappa shape index (κ2) is 7.37. The molecule has 0 spiro atoms. The van der Waals surface area contributed by atoms with Crippen molar-refractivity contribution in [1.82, 2.24) is 5.01 Å². The van der Waals surface area contributed by atoms with Gasteiger partial charge in [-0.05, 0) is 42.3 Å². The van der Waals surface area contributed by atoms with Crippen LogP contribution in [0.3, 0.4) is 0 Å². The van der Waals surface area contributed by atoms with Crippen molar-refractivity contribution in [1.29, 1.82) is 0 Å². The van der Waals surface area contributed by atoms with Gasteiger partial charge in [0.1, 0.15) is 0 Å². The van der Waals surface area contributed by atoms with Crippen LogP contribution in [0.15, 0.2) is 84.0 Å². The predicted octanol–water partition coefficient (Wildman–Crippen LogP) is 5.64. The number of nitrogens with zero attached hydrogens (tertiary/aromatic N) is 2. The zero-order chi connectivity index (χ0) is 18.8. The van der Waals surface area contributed by atoms with Crippen LogP contribution < -0.4 is 0 Å². The van der Waals surface area contributed by atoms with Gasteiger partial charge in [0.2, 0.25) is 0 Å². The number of hydrazone groups is 1. The highest BCUT2D eigenvalue weighted by Crippen LogP contribution is 2.34. The minimum absolute atomic E-state index is 0.0964. The first-order valence-electron chi connectivity index (χ1n) is 8.90. The van der Waals surface area contributed by atoms with E-state index in [1.807, 2.05) is 85.8 Å². The number of halogens is 1. The zero-order valence-electron chi connectivity index (χ0n) is 15.0. The molecule has 3 aromatic carbocycles. The Bertz CT molecular complexity index is 979. The molecule has 0 aliphatic carbocycles. The monoisotopic (exact) mass is 374 g/mol. The van der Waals surface area contributed by atoms with E-state index in [2.05, 4.69) is 0 Å². The lowest BCUT2D eigenvalue weighted by Gasteiger charge is -2.22. The van der Waals surface area contributed by atoms with E-state index in [-0.39, 0.29) is 11.9 Å². The summed E-state index contributed by atoms with van der Waals surface area (Å²) in [5.41, 5.74) is 4.73. The summed E-state index contributed by atoms with van der Waals surface area (Å²) >= 11 is 6.04. The average Bonchev–Trinajstić information content (AvgIpc) is 3.15. The van der Waals surface area contributed by atoms with Crippen LogP contribution in [0, 0.1) is 6.92 Å². The lowest BCUT2D eigenvalue weighted by Crippen LogP contribution is -2.27. The summed E-state index contributed by atoms with van der Waals surface area (Å²) < 4.78 is 0. The third-order valence-electron chi connectivity index (χ3n) is 4.78. The average molecular weight is 375 g/mol. The normalized spacial score (nSPS) is 16.3. The molecule has 134 valence electrons. The first-order chi connectivity index (χ1) is 13.1. The Balaban J connectivity index is 1.72. The van der Waals surface area contributed by atoms with E-state index in [0.717, 1.165) is 22.4 Å². The maximum absolute atomic E-state index is 13.2. The molecule has 1 aliphatic rings. The molecule has 0 saturated carbocycles. The minimum Gasteiger partial charge on any atom is -0.267 e. The number of carbonyl (C=O) groups excluding carboxylic acids is 1. The van der Waals surface area contributed by atoms with Crippen LogP contribution in [-0.4, -0.2) is 16.6 Å². The molecule has 1 heterocycles. The fraction of sp³-hybridized carbons (Fsp3) is 0.130. The summed E-state index contributed by atoms with van der Waals surface area (Å²) in [5, 5.41) is 6.99. The lowest BCUT2D eigenvalue weighted by atomic mass is 9.98. The Morgan fingerprint density at radius 3 is 2.30 bits per heavy atom. The number of benzene rings is 3. The van der Waals surface area contributed by atoms with Gasteiger partial charge in [0, 0.05) is 17.0 Å². The Morgan fingerprint density at radius 2 is 1.63 bits per heavy atom. The molecule has 3 nitrogen and oxygen atoms in total. The fourth-order valence-electron chi connectivity index (χ4n) is 3.28. The highest BCUT2D eigenvalue weighted by Gasteiger charge is 2.33. The minimum atomic E-state index is -0.147. The Hall–Kier alpha value is -2.91. The van der Waals surface area contributed by atoms with Crippen LogP contribution in [-0.2, 0) is 0 Å². The van der Waals surface area contributed by atoms with E-state index in [1.54, 1.807) is 5.01 Å². The quantitative estimate of drug-likeness (QED) is 0.583. The number of amides is 1. The molecule has 0 radical (unpaired) electrons. The summed E-state index contributed by atoms with van der Waals surface area (Å²) in [5.74, 6) is -0.0964. The Kier molecular flexibility index (Phi) is 4.78. The zero-order valence-corrected chi connectivity index (χ0v) is 15.7. The van der Waals surface area contributed by atoms with E-state index in [0.29, 0.717) is 17.0 Å². The maximum Gasteiger partial charge on any atom is 0.274 e. The van der Waals surface area contributed by atoms with E-state index in [9.17, 15) is 4.79 Å². The molecule has 0 saturated heterocycles. The SMILES string of the molecule is Cc1ccc(C(=O)N2N=C(c3ccccc3)C[C@@H]2c2ccc(Cl)cc2)cc1. The van der Waals surface area contributed by atoms with Gasteiger partial charge in [-0.25, -0.2) is 5.01 Å². The summed E-state index contributed by atoms with van der Waals surface area (Å²) in [6.45, 7) is 2.01. The first kappa shape index (κ1) is 17.5. The van der Waals surface area contributed by atoms with Crippen molar-refractivity contribution in [2.24, 2.45) is 5.10 Å². The number of carbonyl (C=O) groups is 1. The van der Waals surface area contributed by atoms with Crippen molar-refractivity contribution in [3.8, 4) is 0 Å². The van der Waals surface area contributed by atoms with Crippen molar-refractivity contribution in [2.75, 3.05) is 0 Å². The highest BCUT2D eigenvalue weighted by atomic mass is 35.5. The molecule has 1 aliphatic heterocycles. The van der Waals surface area contributed by atoms with Crippen LogP contribution in [0.5, 0.6) is 0 Å². The van der Waals surface area contributed by atoms with E-state index in [1.165, 1.54) is 0 Å². The number of hydrogen-bond acceptors (Lipinski definition) is 2. The number of rotatable bonds is 3. The molecule has 0 bridgehead atoms. The molecular weight excluding hydrogens is 356 g/mol. The third kappa shape index (κ3) is 3.64. The molecule has 3 aromatic rings. The van der Waals surface area contributed by atoms with Crippen molar-refractivity contribution in [3.05, 3.63) is 106 Å². The fourth-order valence-corrected chi connectivity index (χ4v) is 3.40. The number of aryl methyl sites for hydroxylation is 1. The van der Waals surface area contributed by atoms with Gasteiger partial charge in [-0.15, -0.1) is 0 Å². The molecule has 1 amide bonds. The lowest BCUT2D eigenvalue weighted by molar-refractivity contribution is 0.0711. The summed E-state index contributed by atoms with van der Waals surface area (Å²) in [7, 11) is 0. The maximum atomic E-state index is 13.2. The summed E-state index contributed by atoms with van der Waals surface area (Å²) in [6.07, 6.45) is 0.670. The van der Waals surface area contributed by atoms with Gasteiger partial charge < -0.3 is 0 Å². The van der Waals surface area contributed by atoms with Gasteiger partial charge in [-0.3, -0.25) is 4.79 Å². The largest absolute Gasteiger partial charge is 0.274 e. The van der Waals surface area contributed by atoms with Crippen molar-refractivity contribution < 1.29 is 4.79 Å². The Morgan fingerprint density at radius 1 is 0.963 bits per heavy atom. The molecule has 27 heavy (non-hydrogen) atoms. The smallest absolute Gasteiger partial charge is 0.267 e. The predicted molar refractivity (Wildman–Crippen MR) is 109 cm³/mol. The Labute approximate surface area is 163 Å². The second-order valence-corrected chi connectivity index (χ2v) is 7.14. The van der Waals surface area contributed by atoms with Gasteiger partial charge in [0.25, 0.3) is 5.91 Å². The van der Waals surface area contributed by atoms with Gasteiger partial charge >= 0.3 is 0 Å². The summed E-state index contributed by atoms with van der Waals surface area (Å²) in [4.78, 5) is 13.2. The van der Waals surface area contributed by atoms with Gasteiger partial charge in [-0.1, -0.05) is 71.8 Å². The van der Waals surface area contributed by atoms with Crippen LogP contribution in [0.4, 0.5) is 0 Å². The highest BCUT2D eigenvalue weighted by molar-refractivity contribution is 6.30. The van der Waals surface area contributed by atoms with Gasteiger partial charge in [0.15, 0.2) is 0 Å². The summed E-state index contributed by atoms with van der Waals surface area (Å²) in [6, 6.07) is 25.1.